The lowest BCUT2D eigenvalue weighted by atomic mass is 9.99. The maximum Gasteiger partial charge on any atom is 0.233 e. The number of methoxy groups -OCH3 is 1. The van der Waals surface area contributed by atoms with Crippen LogP contribution >= 0.6 is 0 Å². The molecule has 2 heterocycles. The highest BCUT2D eigenvalue weighted by Crippen LogP contribution is 2.39. The summed E-state index contributed by atoms with van der Waals surface area (Å²) in [6.07, 6.45) is 3.60. The Morgan fingerprint density at radius 3 is 2.67 bits per heavy atom. The number of ether oxygens (including phenoxy) is 1. The second-order valence-electron chi connectivity index (χ2n) is 6.61. The number of carbonyl (C=O) groups excluding carboxylic acids is 1. The molecule has 2 aliphatic rings. The van der Waals surface area contributed by atoms with Crippen molar-refractivity contribution in [2.75, 3.05) is 20.2 Å². The van der Waals surface area contributed by atoms with Crippen LogP contribution in [0.1, 0.15) is 48.4 Å². The maximum absolute atomic E-state index is 12.3. The molecule has 126 valence electrons. The van der Waals surface area contributed by atoms with Gasteiger partial charge in [-0.05, 0) is 37.0 Å². The molecule has 0 spiro atoms. The van der Waals surface area contributed by atoms with Gasteiger partial charge >= 0.3 is 0 Å². The minimum Gasteiger partial charge on any atom is -0.497 e. The predicted octanol–water partition coefficient (Wildman–Crippen LogP) is 2.51. The van der Waals surface area contributed by atoms with Crippen LogP contribution < -0.4 is 4.74 Å². The van der Waals surface area contributed by atoms with E-state index in [1.807, 2.05) is 29.2 Å². The number of carbonyl (C=O) groups is 1. The Morgan fingerprint density at radius 1 is 1.25 bits per heavy atom. The van der Waals surface area contributed by atoms with Gasteiger partial charge in [0.25, 0.3) is 0 Å². The van der Waals surface area contributed by atoms with Crippen molar-refractivity contribution < 1.29 is 14.1 Å². The van der Waals surface area contributed by atoms with Gasteiger partial charge in [0.1, 0.15) is 5.75 Å². The molecule has 2 fully saturated rings. The van der Waals surface area contributed by atoms with Gasteiger partial charge in [0, 0.05) is 25.4 Å². The number of nitrogens with zero attached hydrogens (tertiary/aromatic N) is 3. The summed E-state index contributed by atoms with van der Waals surface area (Å²) in [5, 5.41) is 4.04. The van der Waals surface area contributed by atoms with E-state index in [9.17, 15) is 4.79 Å². The van der Waals surface area contributed by atoms with Crippen LogP contribution in [0.25, 0.3) is 0 Å². The molecule has 1 saturated heterocycles. The van der Waals surface area contributed by atoms with Crippen LogP contribution in [-0.4, -0.2) is 41.1 Å². The number of amides is 1. The molecule has 0 unspecified atom stereocenters. The third-order valence-electron chi connectivity index (χ3n) is 4.77. The molecule has 1 saturated carbocycles. The van der Waals surface area contributed by atoms with Crippen molar-refractivity contribution in [2.45, 2.75) is 37.5 Å². The fourth-order valence-corrected chi connectivity index (χ4v) is 2.96. The zero-order valence-corrected chi connectivity index (χ0v) is 13.8. The van der Waals surface area contributed by atoms with E-state index < -0.39 is 0 Å². The molecule has 2 aromatic rings. The van der Waals surface area contributed by atoms with E-state index >= 15 is 0 Å². The molecule has 1 aliphatic heterocycles. The highest BCUT2D eigenvalue weighted by molar-refractivity contribution is 5.77. The minimum absolute atomic E-state index is 0.184. The maximum atomic E-state index is 12.3. The zero-order chi connectivity index (χ0) is 16.5. The second-order valence-corrected chi connectivity index (χ2v) is 6.61. The molecule has 1 amide bonds. The first kappa shape index (κ1) is 15.2. The van der Waals surface area contributed by atoms with E-state index in [2.05, 4.69) is 10.1 Å². The van der Waals surface area contributed by atoms with Crippen molar-refractivity contribution in [2.24, 2.45) is 0 Å². The molecule has 4 rings (SSSR count). The highest BCUT2D eigenvalue weighted by atomic mass is 16.5. The molecular formula is C18H21N3O3. The number of rotatable bonds is 6. The fourth-order valence-electron chi connectivity index (χ4n) is 2.96. The van der Waals surface area contributed by atoms with E-state index in [0.717, 1.165) is 23.6 Å². The van der Waals surface area contributed by atoms with Gasteiger partial charge in [-0.15, -0.1) is 0 Å². The van der Waals surface area contributed by atoms with Gasteiger partial charge in [0.2, 0.25) is 11.8 Å². The van der Waals surface area contributed by atoms with Gasteiger partial charge in [-0.2, -0.15) is 4.98 Å². The normalized spacial score (nSPS) is 17.6. The van der Waals surface area contributed by atoms with Gasteiger partial charge in [0.15, 0.2) is 5.82 Å². The lowest BCUT2D eigenvalue weighted by Crippen LogP contribution is -2.48. The number of benzene rings is 1. The zero-order valence-electron chi connectivity index (χ0n) is 13.8. The first-order valence-corrected chi connectivity index (χ1v) is 8.47. The van der Waals surface area contributed by atoms with Gasteiger partial charge < -0.3 is 14.2 Å². The molecule has 0 N–H and O–H groups in total. The molecule has 0 radical (unpaired) electrons. The van der Waals surface area contributed by atoms with Crippen LogP contribution in [-0.2, 0) is 11.2 Å². The quantitative estimate of drug-likeness (QED) is 0.815. The smallest absolute Gasteiger partial charge is 0.233 e. The summed E-state index contributed by atoms with van der Waals surface area (Å²) in [6, 6.07) is 7.85. The topological polar surface area (TPSA) is 68.5 Å². The van der Waals surface area contributed by atoms with E-state index in [1.54, 1.807) is 7.11 Å². The summed E-state index contributed by atoms with van der Waals surface area (Å²) in [5.74, 6) is 3.26. The summed E-state index contributed by atoms with van der Waals surface area (Å²) in [4.78, 5) is 18.6. The molecule has 1 aromatic heterocycles. The third-order valence-corrected chi connectivity index (χ3v) is 4.77. The molecule has 0 atom stereocenters. The lowest BCUT2D eigenvalue weighted by Gasteiger charge is -2.37. The van der Waals surface area contributed by atoms with Crippen molar-refractivity contribution >= 4 is 5.91 Å². The van der Waals surface area contributed by atoms with Gasteiger partial charge in [0.05, 0.1) is 13.0 Å². The molecule has 0 bridgehead atoms. The van der Waals surface area contributed by atoms with Crippen molar-refractivity contribution in [3.8, 4) is 5.75 Å². The molecule has 1 aliphatic carbocycles. The Kier molecular flexibility index (Phi) is 3.96. The van der Waals surface area contributed by atoms with E-state index in [0.29, 0.717) is 31.3 Å². The predicted molar refractivity (Wildman–Crippen MR) is 86.9 cm³/mol. The lowest BCUT2D eigenvalue weighted by molar-refractivity contribution is -0.135. The van der Waals surface area contributed by atoms with Crippen LogP contribution in [0, 0.1) is 0 Å². The van der Waals surface area contributed by atoms with Gasteiger partial charge in [-0.1, -0.05) is 17.3 Å². The Labute approximate surface area is 140 Å². The number of likely N-dealkylation sites (tertiary alicyclic amines) is 1. The Morgan fingerprint density at radius 2 is 2.00 bits per heavy atom. The average molecular weight is 327 g/mol. The Balaban J connectivity index is 1.24. The summed E-state index contributed by atoms with van der Waals surface area (Å²) in [6.45, 7) is 1.38. The SMILES string of the molecule is COc1ccc(CCC(=O)N2CC(c3nc(C4CC4)no3)C2)cc1. The number of hydrogen-bond donors (Lipinski definition) is 0. The summed E-state index contributed by atoms with van der Waals surface area (Å²) < 4.78 is 10.5. The van der Waals surface area contributed by atoms with Crippen molar-refractivity contribution in [3.63, 3.8) is 0 Å². The largest absolute Gasteiger partial charge is 0.497 e. The molecule has 6 nitrogen and oxygen atoms in total. The van der Waals surface area contributed by atoms with Gasteiger partial charge in [-0.3, -0.25) is 4.79 Å². The first-order valence-electron chi connectivity index (χ1n) is 8.47. The summed E-state index contributed by atoms with van der Waals surface area (Å²) in [5.41, 5.74) is 1.15. The van der Waals surface area contributed by atoms with Crippen molar-refractivity contribution in [3.05, 3.63) is 41.5 Å². The monoisotopic (exact) mass is 327 g/mol. The van der Waals surface area contributed by atoms with E-state index in [-0.39, 0.29) is 11.8 Å². The molecule has 1 aromatic carbocycles. The Hall–Kier alpha value is -2.37. The van der Waals surface area contributed by atoms with Crippen LogP contribution in [0.3, 0.4) is 0 Å². The number of aryl methyl sites for hydroxylation is 1. The summed E-state index contributed by atoms with van der Waals surface area (Å²) in [7, 11) is 1.65. The molecular weight excluding hydrogens is 306 g/mol. The van der Waals surface area contributed by atoms with Crippen LogP contribution in [0.4, 0.5) is 0 Å². The number of hydrogen-bond acceptors (Lipinski definition) is 5. The number of aromatic nitrogens is 2. The first-order chi connectivity index (χ1) is 11.7. The van der Waals surface area contributed by atoms with E-state index in [1.165, 1.54) is 12.8 Å². The van der Waals surface area contributed by atoms with E-state index in [4.69, 9.17) is 9.26 Å². The molecule has 24 heavy (non-hydrogen) atoms. The highest BCUT2D eigenvalue weighted by Gasteiger charge is 2.37. The van der Waals surface area contributed by atoms with Crippen LogP contribution in [0.2, 0.25) is 0 Å². The van der Waals surface area contributed by atoms with Gasteiger partial charge in [-0.25, -0.2) is 0 Å². The summed E-state index contributed by atoms with van der Waals surface area (Å²) >= 11 is 0. The van der Waals surface area contributed by atoms with Crippen LogP contribution in [0.15, 0.2) is 28.8 Å². The third kappa shape index (κ3) is 3.13. The van der Waals surface area contributed by atoms with Crippen molar-refractivity contribution in [1.82, 2.24) is 15.0 Å². The second kappa shape index (κ2) is 6.26. The molecule has 6 heteroatoms. The Bertz CT molecular complexity index is 715. The van der Waals surface area contributed by atoms with Crippen molar-refractivity contribution in [1.29, 1.82) is 0 Å². The van der Waals surface area contributed by atoms with Crippen LogP contribution in [0.5, 0.6) is 5.75 Å². The minimum atomic E-state index is 0.184. The standard InChI is InChI=1S/C18H21N3O3/c1-23-15-7-2-12(3-8-15)4-9-16(22)21-10-14(11-21)18-19-17(20-24-18)13-5-6-13/h2-3,7-8,13-14H,4-6,9-11H2,1H3. The average Bonchev–Trinajstić information content (AvgIpc) is 3.31. The fraction of sp³-hybridized carbons (Fsp3) is 0.500.